The van der Waals surface area contributed by atoms with E-state index in [4.69, 9.17) is 20.9 Å². The number of hydrogen-bond acceptors (Lipinski definition) is 6. The lowest BCUT2D eigenvalue weighted by Gasteiger charge is -2.30. The van der Waals surface area contributed by atoms with Crippen LogP contribution >= 0.6 is 11.6 Å². The van der Waals surface area contributed by atoms with Crippen molar-refractivity contribution in [1.82, 2.24) is 14.4 Å². The molecule has 29 heavy (non-hydrogen) atoms. The van der Waals surface area contributed by atoms with Gasteiger partial charge in [-0.25, -0.2) is 8.42 Å². The van der Waals surface area contributed by atoms with Gasteiger partial charge in [-0.2, -0.15) is 9.29 Å². The monoisotopic (exact) mass is 433 g/mol. The van der Waals surface area contributed by atoms with Crippen LogP contribution in [-0.2, 0) is 10.0 Å². The Kier molecular flexibility index (Phi) is 5.58. The molecule has 0 unspecified atom stereocenters. The molecule has 2 aromatic carbocycles. The zero-order valence-electron chi connectivity index (χ0n) is 15.8. The van der Waals surface area contributed by atoms with Gasteiger partial charge in [0.15, 0.2) is 0 Å². The molecule has 1 atom stereocenters. The molecule has 4 rings (SSSR count). The van der Waals surface area contributed by atoms with Crippen LogP contribution in [-0.4, -0.2) is 43.1 Å². The fraction of sp³-hybridized carbons (Fsp3) is 0.300. The summed E-state index contributed by atoms with van der Waals surface area (Å²) in [6.45, 7) is 0.760. The molecule has 0 saturated carbocycles. The van der Waals surface area contributed by atoms with Crippen molar-refractivity contribution < 1.29 is 17.7 Å². The number of hydrogen-bond donors (Lipinski definition) is 0. The second-order valence-electron chi connectivity index (χ2n) is 6.84. The Labute approximate surface area is 174 Å². The molecule has 0 amide bonds. The highest BCUT2D eigenvalue weighted by Crippen LogP contribution is 2.31. The number of nitrogens with zero attached hydrogens (tertiary/aromatic N) is 3. The van der Waals surface area contributed by atoms with Gasteiger partial charge in [0.25, 0.3) is 0 Å². The van der Waals surface area contributed by atoms with E-state index in [1.807, 2.05) is 24.3 Å². The van der Waals surface area contributed by atoms with Crippen molar-refractivity contribution in [3.05, 3.63) is 59.4 Å². The van der Waals surface area contributed by atoms with Crippen LogP contribution in [0.2, 0.25) is 5.02 Å². The quantitative estimate of drug-likeness (QED) is 0.605. The van der Waals surface area contributed by atoms with Crippen LogP contribution in [0, 0.1) is 0 Å². The molecular weight excluding hydrogens is 414 g/mol. The summed E-state index contributed by atoms with van der Waals surface area (Å²) < 4.78 is 38.0. The molecule has 1 saturated heterocycles. The summed E-state index contributed by atoms with van der Waals surface area (Å²) in [7, 11) is -2.00. The Morgan fingerprint density at radius 3 is 2.55 bits per heavy atom. The molecule has 0 spiro atoms. The van der Waals surface area contributed by atoms with Crippen LogP contribution in [0.1, 0.15) is 24.7 Å². The van der Waals surface area contributed by atoms with Crippen molar-refractivity contribution in [1.29, 1.82) is 0 Å². The van der Waals surface area contributed by atoms with E-state index in [0.717, 1.165) is 24.2 Å². The highest BCUT2D eigenvalue weighted by Gasteiger charge is 2.33. The summed E-state index contributed by atoms with van der Waals surface area (Å²) in [6.07, 6.45) is 1.51. The number of methoxy groups -OCH3 is 1. The minimum atomic E-state index is -3.60. The van der Waals surface area contributed by atoms with Crippen molar-refractivity contribution in [3.8, 4) is 17.1 Å². The number of halogens is 1. The first-order valence-corrected chi connectivity index (χ1v) is 11.0. The largest absolute Gasteiger partial charge is 0.497 e. The smallest absolute Gasteiger partial charge is 0.243 e. The molecule has 0 bridgehead atoms. The molecule has 0 N–H and O–H groups in total. The number of sulfonamides is 1. The lowest BCUT2D eigenvalue weighted by Crippen LogP contribution is -2.39. The van der Waals surface area contributed by atoms with Crippen molar-refractivity contribution >= 4 is 21.6 Å². The normalized spacial score (nSPS) is 17.9. The van der Waals surface area contributed by atoms with Crippen LogP contribution in [0.4, 0.5) is 0 Å². The van der Waals surface area contributed by atoms with Gasteiger partial charge in [-0.05, 0) is 61.4 Å². The van der Waals surface area contributed by atoms with Gasteiger partial charge in [0, 0.05) is 23.7 Å². The Bertz CT molecular complexity index is 1080. The molecule has 1 aromatic heterocycles. The van der Waals surface area contributed by atoms with Gasteiger partial charge >= 0.3 is 0 Å². The molecule has 0 radical (unpaired) electrons. The summed E-state index contributed by atoms with van der Waals surface area (Å²) in [5.41, 5.74) is 0.808. The summed E-state index contributed by atoms with van der Waals surface area (Å²) in [4.78, 5) is 4.73. The van der Waals surface area contributed by atoms with Gasteiger partial charge in [0.1, 0.15) is 5.75 Å². The summed E-state index contributed by atoms with van der Waals surface area (Å²) in [5.74, 6) is 1.52. The molecule has 2 heterocycles. The number of aromatic nitrogens is 2. The third-order valence-electron chi connectivity index (χ3n) is 4.97. The van der Waals surface area contributed by atoms with Gasteiger partial charge in [-0.1, -0.05) is 16.8 Å². The first-order chi connectivity index (χ1) is 14.0. The highest BCUT2D eigenvalue weighted by atomic mass is 35.5. The van der Waals surface area contributed by atoms with Gasteiger partial charge < -0.3 is 9.26 Å². The van der Waals surface area contributed by atoms with Crippen LogP contribution in [0.5, 0.6) is 5.75 Å². The van der Waals surface area contributed by atoms with E-state index in [1.54, 1.807) is 19.2 Å². The molecule has 1 aliphatic rings. The predicted molar refractivity (Wildman–Crippen MR) is 108 cm³/mol. The Balaban J connectivity index is 1.52. The third kappa shape index (κ3) is 4.14. The SMILES string of the molecule is COc1ccc(-c2noc([C@@H]3CCCN(S(=O)(=O)c4ccc(Cl)cc4)C3)n2)cc1. The van der Waals surface area contributed by atoms with Gasteiger partial charge in [-0.15, -0.1) is 0 Å². The fourth-order valence-electron chi connectivity index (χ4n) is 3.38. The minimum Gasteiger partial charge on any atom is -0.497 e. The number of benzene rings is 2. The summed E-state index contributed by atoms with van der Waals surface area (Å²) in [6, 6.07) is 13.6. The summed E-state index contributed by atoms with van der Waals surface area (Å²) in [5, 5.41) is 4.56. The Hall–Kier alpha value is -2.42. The summed E-state index contributed by atoms with van der Waals surface area (Å²) >= 11 is 5.88. The van der Waals surface area contributed by atoms with Crippen molar-refractivity contribution in [2.24, 2.45) is 0 Å². The fourth-order valence-corrected chi connectivity index (χ4v) is 5.03. The van der Waals surface area contributed by atoms with Gasteiger partial charge in [0.05, 0.1) is 17.9 Å². The van der Waals surface area contributed by atoms with E-state index < -0.39 is 10.0 Å². The Morgan fingerprint density at radius 2 is 1.86 bits per heavy atom. The lowest BCUT2D eigenvalue weighted by atomic mass is 10.00. The molecule has 7 nitrogen and oxygen atoms in total. The average molecular weight is 434 g/mol. The number of ether oxygens (including phenoxy) is 1. The van der Waals surface area contributed by atoms with Gasteiger partial charge in [-0.3, -0.25) is 0 Å². The van der Waals surface area contributed by atoms with Crippen LogP contribution in [0.3, 0.4) is 0 Å². The molecule has 0 aliphatic carbocycles. The first kappa shape index (κ1) is 19.9. The lowest BCUT2D eigenvalue weighted by molar-refractivity contribution is 0.265. The van der Waals surface area contributed by atoms with Crippen molar-refractivity contribution in [2.75, 3.05) is 20.2 Å². The van der Waals surface area contributed by atoms with E-state index in [-0.39, 0.29) is 10.8 Å². The van der Waals surface area contributed by atoms with E-state index >= 15 is 0 Å². The van der Waals surface area contributed by atoms with Gasteiger partial charge in [0.2, 0.25) is 21.7 Å². The molecule has 1 aliphatic heterocycles. The van der Waals surface area contributed by atoms with E-state index in [1.165, 1.54) is 16.4 Å². The standard InChI is InChI=1S/C20H20ClN3O4S/c1-27-17-8-4-14(5-9-17)19-22-20(28-23-19)15-3-2-12-24(13-15)29(25,26)18-10-6-16(21)7-11-18/h4-11,15H,2-3,12-13H2,1H3/t15-/m1/s1. The molecular formula is C20H20ClN3O4S. The minimum absolute atomic E-state index is 0.148. The van der Waals surface area contributed by atoms with Crippen molar-refractivity contribution in [3.63, 3.8) is 0 Å². The molecule has 9 heteroatoms. The van der Waals surface area contributed by atoms with Crippen molar-refractivity contribution in [2.45, 2.75) is 23.7 Å². The second-order valence-corrected chi connectivity index (χ2v) is 9.22. The zero-order valence-corrected chi connectivity index (χ0v) is 17.4. The Morgan fingerprint density at radius 1 is 1.14 bits per heavy atom. The average Bonchev–Trinajstić information content (AvgIpc) is 3.24. The molecule has 152 valence electrons. The molecule has 3 aromatic rings. The predicted octanol–water partition coefficient (Wildman–Crippen LogP) is 3.97. The van der Waals surface area contributed by atoms with Crippen LogP contribution < -0.4 is 4.74 Å². The third-order valence-corrected chi connectivity index (χ3v) is 7.11. The zero-order chi connectivity index (χ0) is 20.4. The van der Waals surface area contributed by atoms with E-state index in [0.29, 0.717) is 29.8 Å². The maximum absolute atomic E-state index is 13.0. The van der Waals surface area contributed by atoms with Crippen LogP contribution in [0.25, 0.3) is 11.4 Å². The first-order valence-electron chi connectivity index (χ1n) is 9.21. The van der Waals surface area contributed by atoms with Crippen LogP contribution in [0.15, 0.2) is 57.9 Å². The highest BCUT2D eigenvalue weighted by molar-refractivity contribution is 7.89. The molecule has 1 fully saturated rings. The van der Waals surface area contributed by atoms with E-state index in [9.17, 15) is 8.42 Å². The number of rotatable bonds is 5. The maximum atomic E-state index is 13.0. The number of piperidine rings is 1. The second kappa shape index (κ2) is 8.14. The maximum Gasteiger partial charge on any atom is 0.243 e. The van der Waals surface area contributed by atoms with E-state index in [2.05, 4.69) is 10.1 Å². The topological polar surface area (TPSA) is 85.5 Å².